The molecule has 1 atom stereocenters. The van der Waals surface area contributed by atoms with E-state index in [1.165, 1.54) is 49.7 Å². The fourth-order valence-corrected chi connectivity index (χ4v) is 3.60. The molecule has 1 nitrogen and oxygen atoms in total. The zero-order chi connectivity index (χ0) is 13.7. The second-order valence-corrected chi connectivity index (χ2v) is 6.45. The molecule has 2 heteroatoms. The minimum Gasteiger partial charge on any atom is -0.311 e. The fraction of sp³-hybridized carbons (Fsp3) is 0.647. The molecule has 0 amide bonds. The summed E-state index contributed by atoms with van der Waals surface area (Å²) in [7, 11) is 0. The van der Waals surface area contributed by atoms with Crippen LogP contribution in [0.4, 0.5) is 0 Å². The van der Waals surface area contributed by atoms with Crippen LogP contribution in [-0.4, -0.2) is 12.1 Å². The SMILES string of the molecule is CCCC1(Cc2ccc(C)cc2Cl)CCCCCN1. The highest BCUT2D eigenvalue weighted by Crippen LogP contribution is 2.30. The Morgan fingerprint density at radius 2 is 2.11 bits per heavy atom. The van der Waals surface area contributed by atoms with E-state index in [9.17, 15) is 0 Å². The van der Waals surface area contributed by atoms with Crippen LogP contribution in [0.5, 0.6) is 0 Å². The first kappa shape index (κ1) is 14.9. The lowest BCUT2D eigenvalue weighted by molar-refractivity contribution is 0.288. The summed E-state index contributed by atoms with van der Waals surface area (Å²) in [4.78, 5) is 0. The monoisotopic (exact) mass is 279 g/mol. The molecule has 1 unspecified atom stereocenters. The molecular weight excluding hydrogens is 254 g/mol. The number of nitrogens with one attached hydrogen (secondary N) is 1. The molecule has 0 aliphatic carbocycles. The highest BCUT2D eigenvalue weighted by atomic mass is 35.5. The van der Waals surface area contributed by atoms with Gasteiger partial charge in [-0.3, -0.25) is 0 Å². The van der Waals surface area contributed by atoms with Crippen molar-refractivity contribution in [2.24, 2.45) is 0 Å². The largest absolute Gasteiger partial charge is 0.311 e. The van der Waals surface area contributed by atoms with E-state index in [-0.39, 0.29) is 5.54 Å². The quantitative estimate of drug-likeness (QED) is 0.827. The van der Waals surface area contributed by atoms with Crippen molar-refractivity contribution < 1.29 is 0 Å². The van der Waals surface area contributed by atoms with E-state index in [1.807, 2.05) is 0 Å². The van der Waals surface area contributed by atoms with E-state index >= 15 is 0 Å². The second-order valence-electron chi connectivity index (χ2n) is 6.04. The summed E-state index contributed by atoms with van der Waals surface area (Å²) in [5.41, 5.74) is 2.81. The number of rotatable bonds is 4. The van der Waals surface area contributed by atoms with E-state index in [0.717, 1.165) is 18.0 Å². The van der Waals surface area contributed by atoms with Crippen LogP contribution in [0, 0.1) is 6.92 Å². The van der Waals surface area contributed by atoms with E-state index in [2.05, 4.69) is 37.4 Å². The first-order chi connectivity index (χ1) is 9.15. The van der Waals surface area contributed by atoms with Crippen LogP contribution in [0.15, 0.2) is 18.2 Å². The van der Waals surface area contributed by atoms with Crippen LogP contribution < -0.4 is 5.32 Å². The molecule has 0 radical (unpaired) electrons. The van der Waals surface area contributed by atoms with Crippen LogP contribution in [0.3, 0.4) is 0 Å². The topological polar surface area (TPSA) is 12.0 Å². The molecular formula is C17H26ClN. The molecule has 1 N–H and O–H groups in total. The summed E-state index contributed by atoms with van der Waals surface area (Å²) < 4.78 is 0. The summed E-state index contributed by atoms with van der Waals surface area (Å²) in [6, 6.07) is 6.48. The Morgan fingerprint density at radius 1 is 1.26 bits per heavy atom. The van der Waals surface area contributed by atoms with Crippen molar-refractivity contribution in [2.45, 2.75) is 64.3 Å². The van der Waals surface area contributed by atoms with E-state index < -0.39 is 0 Å². The molecule has 1 saturated heterocycles. The van der Waals surface area contributed by atoms with Gasteiger partial charge in [0.1, 0.15) is 0 Å². The lowest BCUT2D eigenvalue weighted by Crippen LogP contribution is -2.46. The van der Waals surface area contributed by atoms with Crippen LogP contribution in [0.2, 0.25) is 5.02 Å². The van der Waals surface area contributed by atoms with Crippen LogP contribution in [0.25, 0.3) is 0 Å². The Balaban J connectivity index is 2.19. The molecule has 1 heterocycles. The molecule has 1 aliphatic heterocycles. The Hall–Kier alpha value is -0.530. The third-order valence-electron chi connectivity index (χ3n) is 4.30. The van der Waals surface area contributed by atoms with Crippen molar-refractivity contribution in [1.29, 1.82) is 0 Å². The molecule has 1 aromatic rings. The molecule has 1 aromatic carbocycles. The second kappa shape index (κ2) is 6.76. The fourth-order valence-electron chi connectivity index (χ4n) is 3.30. The Kier molecular flexibility index (Phi) is 5.29. The molecule has 1 aliphatic rings. The van der Waals surface area contributed by atoms with Crippen molar-refractivity contribution >= 4 is 11.6 Å². The van der Waals surface area contributed by atoms with Crippen LogP contribution in [0.1, 0.15) is 56.6 Å². The normalized spacial score (nSPS) is 24.2. The van der Waals surface area contributed by atoms with E-state index in [4.69, 9.17) is 11.6 Å². The van der Waals surface area contributed by atoms with E-state index in [1.54, 1.807) is 0 Å². The predicted octanol–water partition coefficient (Wildman–Crippen LogP) is 4.89. The van der Waals surface area contributed by atoms with Gasteiger partial charge in [0.15, 0.2) is 0 Å². The maximum Gasteiger partial charge on any atom is 0.0441 e. The number of aryl methyl sites for hydroxylation is 1. The molecule has 0 saturated carbocycles. The summed E-state index contributed by atoms with van der Waals surface area (Å²) in [5.74, 6) is 0. The third kappa shape index (κ3) is 3.97. The Bertz CT molecular complexity index is 406. The average molecular weight is 280 g/mol. The van der Waals surface area contributed by atoms with Crippen molar-refractivity contribution in [3.05, 3.63) is 34.3 Å². The van der Waals surface area contributed by atoms with Gasteiger partial charge in [0.05, 0.1) is 0 Å². The van der Waals surface area contributed by atoms with Crippen molar-refractivity contribution in [3.8, 4) is 0 Å². The highest BCUT2D eigenvalue weighted by Gasteiger charge is 2.30. The maximum absolute atomic E-state index is 6.42. The average Bonchev–Trinajstić information content (AvgIpc) is 2.59. The number of hydrogen-bond donors (Lipinski definition) is 1. The molecule has 0 aromatic heterocycles. The predicted molar refractivity (Wildman–Crippen MR) is 84.0 cm³/mol. The zero-order valence-corrected chi connectivity index (χ0v) is 13.0. The van der Waals surface area contributed by atoms with Gasteiger partial charge in [-0.15, -0.1) is 0 Å². The molecule has 2 rings (SSSR count). The molecule has 106 valence electrons. The van der Waals surface area contributed by atoms with Gasteiger partial charge < -0.3 is 5.32 Å². The van der Waals surface area contributed by atoms with Gasteiger partial charge in [-0.25, -0.2) is 0 Å². The minimum absolute atomic E-state index is 0.268. The lowest BCUT2D eigenvalue weighted by atomic mass is 9.82. The van der Waals surface area contributed by atoms with Crippen molar-refractivity contribution in [1.82, 2.24) is 5.32 Å². The van der Waals surface area contributed by atoms with Gasteiger partial charge in [-0.2, -0.15) is 0 Å². The number of halogens is 1. The van der Waals surface area contributed by atoms with Gasteiger partial charge in [-0.05, 0) is 56.3 Å². The smallest absolute Gasteiger partial charge is 0.0441 e. The maximum atomic E-state index is 6.42. The van der Waals surface area contributed by atoms with Crippen LogP contribution >= 0.6 is 11.6 Å². The molecule has 0 bridgehead atoms. The lowest BCUT2D eigenvalue weighted by Gasteiger charge is -2.34. The number of benzene rings is 1. The highest BCUT2D eigenvalue weighted by molar-refractivity contribution is 6.31. The van der Waals surface area contributed by atoms with Crippen LogP contribution in [-0.2, 0) is 6.42 Å². The zero-order valence-electron chi connectivity index (χ0n) is 12.3. The molecule has 19 heavy (non-hydrogen) atoms. The standard InChI is InChI=1S/C17H26ClN/c1-3-9-17(10-5-4-6-11-19-17)13-15-8-7-14(2)12-16(15)18/h7-8,12,19H,3-6,9-11,13H2,1-2H3. The molecule has 0 spiro atoms. The van der Waals surface area contributed by atoms with Crippen molar-refractivity contribution in [3.63, 3.8) is 0 Å². The first-order valence-electron chi connectivity index (χ1n) is 7.65. The van der Waals surface area contributed by atoms with Gasteiger partial charge in [0, 0.05) is 10.6 Å². The Labute approximate surface area is 122 Å². The summed E-state index contributed by atoms with van der Waals surface area (Å²) in [5, 5.41) is 4.76. The minimum atomic E-state index is 0.268. The number of hydrogen-bond acceptors (Lipinski definition) is 1. The summed E-state index contributed by atoms with van der Waals surface area (Å²) in [6.07, 6.45) is 8.85. The summed E-state index contributed by atoms with van der Waals surface area (Å²) >= 11 is 6.42. The van der Waals surface area contributed by atoms with Crippen molar-refractivity contribution in [2.75, 3.05) is 6.54 Å². The van der Waals surface area contributed by atoms with Gasteiger partial charge >= 0.3 is 0 Å². The molecule has 1 fully saturated rings. The third-order valence-corrected chi connectivity index (χ3v) is 4.65. The van der Waals surface area contributed by atoms with E-state index in [0.29, 0.717) is 0 Å². The Morgan fingerprint density at radius 3 is 2.84 bits per heavy atom. The first-order valence-corrected chi connectivity index (χ1v) is 8.03. The van der Waals surface area contributed by atoms with Gasteiger partial charge in [0.25, 0.3) is 0 Å². The van der Waals surface area contributed by atoms with Gasteiger partial charge in [0.2, 0.25) is 0 Å². The van der Waals surface area contributed by atoms with Gasteiger partial charge in [-0.1, -0.05) is 49.9 Å². The summed E-state index contributed by atoms with van der Waals surface area (Å²) in [6.45, 7) is 5.54.